The van der Waals surface area contributed by atoms with Crippen LogP contribution in [0.5, 0.6) is 0 Å². The number of benzene rings is 1. The van der Waals surface area contributed by atoms with Crippen LogP contribution in [0.2, 0.25) is 0 Å². The van der Waals surface area contributed by atoms with Crippen LogP contribution >= 0.6 is 0 Å². The molecule has 0 bridgehead atoms. The van der Waals surface area contributed by atoms with E-state index in [4.69, 9.17) is 0 Å². The summed E-state index contributed by atoms with van der Waals surface area (Å²) in [5, 5.41) is 3.33. The zero-order valence-corrected chi connectivity index (χ0v) is 13.2. The minimum absolute atomic E-state index is 0.356. The zero-order valence-electron chi connectivity index (χ0n) is 13.2. The van der Waals surface area contributed by atoms with E-state index in [-0.39, 0.29) is 0 Å². The maximum Gasteiger partial charge on any atom is 0.134 e. The predicted octanol–water partition coefficient (Wildman–Crippen LogP) is 3.71. The monoisotopic (exact) mass is 284 g/mol. The topological polar surface area (TPSA) is 41.0 Å². The Kier molecular flexibility index (Phi) is 5.14. The molecule has 4 nitrogen and oxygen atoms in total. The Hall–Kier alpha value is -2.10. The summed E-state index contributed by atoms with van der Waals surface area (Å²) in [6.45, 7) is 9.41. The first-order chi connectivity index (χ1) is 10.1. The molecule has 1 N–H and O–H groups in total. The maximum atomic E-state index is 4.44. The third kappa shape index (κ3) is 4.45. The van der Waals surface area contributed by atoms with Crippen LogP contribution in [0.25, 0.3) is 0 Å². The Balaban J connectivity index is 2.22. The van der Waals surface area contributed by atoms with E-state index in [1.165, 1.54) is 5.56 Å². The van der Waals surface area contributed by atoms with Crippen molar-refractivity contribution in [2.24, 2.45) is 0 Å². The van der Waals surface area contributed by atoms with Gasteiger partial charge in [0.25, 0.3) is 0 Å². The fraction of sp³-hybridized carbons (Fsp3) is 0.412. The highest BCUT2D eigenvalue weighted by Gasteiger charge is 2.13. The van der Waals surface area contributed by atoms with Crippen molar-refractivity contribution < 1.29 is 0 Å². The molecular weight excluding hydrogens is 260 g/mol. The maximum absolute atomic E-state index is 4.44. The van der Waals surface area contributed by atoms with Crippen LogP contribution in [-0.4, -0.2) is 22.1 Å². The molecule has 0 amide bonds. The molecule has 0 atom stereocenters. The molecule has 2 aromatic rings. The Morgan fingerprint density at radius 1 is 1.05 bits per heavy atom. The van der Waals surface area contributed by atoms with Gasteiger partial charge >= 0.3 is 0 Å². The van der Waals surface area contributed by atoms with Crippen LogP contribution in [0.1, 0.15) is 33.3 Å². The van der Waals surface area contributed by atoms with Crippen molar-refractivity contribution in [3.63, 3.8) is 0 Å². The minimum Gasteiger partial charge on any atom is -0.368 e. The molecule has 0 radical (unpaired) electrons. The molecule has 0 aliphatic rings. The molecule has 112 valence electrons. The molecule has 2 rings (SSSR count). The van der Waals surface area contributed by atoms with Crippen molar-refractivity contribution in [2.45, 2.75) is 46.3 Å². The molecule has 1 aromatic carbocycles. The van der Waals surface area contributed by atoms with Crippen molar-refractivity contribution in [3.8, 4) is 0 Å². The van der Waals surface area contributed by atoms with Crippen LogP contribution < -0.4 is 10.2 Å². The number of nitrogens with zero attached hydrogens (tertiary/aromatic N) is 3. The van der Waals surface area contributed by atoms with E-state index in [1.807, 2.05) is 12.1 Å². The molecule has 0 unspecified atom stereocenters. The van der Waals surface area contributed by atoms with Gasteiger partial charge in [0.15, 0.2) is 0 Å². The lowest BCUT2D eigenvalue weighted by molar-refractivity contribution is 0.671. The molecule has 0 saturated heterocycles. The quantitative estimate of drug-likeness (QED) is 0.878. The smallest absolute Gasteiger partial charge is 0.134 e. The summed E-state index contributed by atoms with van der Waals surface area (Å²) in [5.74, 6) is 1.82. The average molecular weight is 284 g/mol. The summed E-state index contributed by atoms with van der Waals surface area (Å²) in [7, 11) is 0. The summed E-state index contributed by atoms with van der Waals surface area (Å²) in [5.41, 5.74) is 1.28. The number of hydrogen-bond acceptors (Lipinski definition) is 4. The molecule has 4 heteroatoms. The lowest BCUT2D eigenvalue weighted by Gasteiger charge is -2.28. The van der Waals surface area contributed by atoms with Gasteiger partial charge < -0.3 is 10.2 Å². The first kappa shape index (κ1) is 15.3. The van der Waals surface area contributed by atoms with Crippen LogP contribution in [0.3, 0.4) is 0 Å². The van der Waals surface area contributed by atoms with Gasteiger partial charge in [0.05, 0.1) is 0 Å². The van der Waals surface area contributed by atoms with E-state index in [1.54, 1.807) is 6.33 Å². The molecule has 0 fully saturated rings. The van der Waals surface area contributed by atoms with Crippen molar-refractivity contribution in [1.82, 2.24) is 9.97 Å². The molecular formula is C17H24N4. The van der Waals surface area contributed by atoms with E-state index < -0.39 is 0 Å². The van der Waals surface area contributed by atoms with E-state index in [0.717, 1.165) is 18.2 Å². The van der Waals surface area contributed by atoms with Crippen LogP contribution in [0.15, 0.2) is 42.7 Å². The van der Waals surface area contributed by atoms with E-state index in [0.29, 0.717) is 12.1 Å². The average Bonchev–Trinajstić information content (AvgIpc) is 2.45. The van der Waals surface area contributed by atoms with Crippen molar-refractivity contribution in [3.05, 3.63) is 48.3 Å². The van der Waals surface area contributed by atoms with Gasteiger partial charge in [-0.25, -0.2) is 9.97 Å². The second-order valence-electron chi connectivity index (χ2n) is 5.77. The van der Waals surface area contributed by atoms with Gasteiger partial charge in [0.1, 0.15) is 18.0 Å². The number of anilines is 2. The molecule has 0 aliphatic heterocycles. The second-order valence-corrected chi connectivity index (χ2v) is 5.77. The Morgan fingerprint density at radius 2 is 1.76 bits per heavy atom. The zero-order chi connectivity index (χ0) is 15.2. The summed E-state index contributed by atoms with van der Waals surface area (Å²) < 4.78 is 0. The molecule has 1 aromatic heterocycles. The number of nitrogens with one attached hydrogen (secondary N) is 1. The van der Waals surface area contributed by atoms with Crippen LogP contribution in [0, 0.1) is 0 Å². The summed E-state index contributed by atoms with van der Waals surface area (Å²) in [4.78, 5) is 11.0. The lowest BCUT2D eigenvalue weighted by atomic mass is 10.2. The largest absolute Gasteiger partial charge is 0.368 e. The third-order valence-electron chi connectivity index (χ3n) is 3.20. The van der Waals surface area contributed by atoms with E-state index >= 15 is 0 Å². The van der Waals surface area contributed by atoms with Gasteiger partial charge in [-0.15, -0.1) is 0 Å². The van der Waals surface area contributed by atoms with Crippen LogP contribution in [-0.2, 0) is 6.54 Å². The Labute approximate surface area is 127 Å². The number of aromatic nitrogens is 2. The number of rotatable bonds is 6. The fourth-order valence-electron chi connectivity index (χ4n) is 2.19. The van der Waals surface area contributed by atoms with Gasteiger partial charge in [-0.3, -0.25) is 0 Å². The highest BCUT2D eigenvalue weighted by atomic mass is 15.2. The first-order valence-corrected chi connectivity index (χ1v) is 7.45. The van der Waals surface area contributed by atoms with Crippen molar-refractivity contribution >= 4 is 11.6 Å². The minimum atomic E-state index is 0.356. The van der Waals surface area contributed by atoms with Gasteiger partial charge in [0, 0.05) is 24.7 Å². The van der Waals surface area contributed by atoms with Gasteiger partial charge in [-0.05, 0) is 33.3 Å². The van der Waals surface area contributed by atoms with E-state index in [2.05, 4.69) is 72.1 Å². The highest BCUT2D eigenvalue weighted by Crippen LogP contribution is 2.20. The number of hydrogen-bond donors (Lipinski definition) is 1. The molecule has 0 saturated carbocycles. The van der Waals surface area contributed by atoms with Crippen molar-refractivity contribution in [1.29, 1.82) is 0 Å². The standard InChI is InChI=1S/C17H24N4/c1-13(2)20-16-10-17(19-12-18-16)21(14(3)4)11-15-8-6-5-7-9-15/h5-10,12-14H,11H2,1-4H3,(H,18,19,20). The first-order valence-electron chi connectivity index (χ1n) is 7.45. The van der Waals surface area contributed by atoms with Crippen LogP contribution in [0.4, 0.5) is 11.6 Å². The normalized spacial score (nSPS) is 11.0. The van der Waals surface area contributed by atoms with Crippen molar-refractivity contribution in [2.75, 3.05) is 10.2 Å². The van der Waals surface area contributed by atoms with E-state index in [9.17, 15) is 0 Å². The molecule has 21 heavy (non-hydrogen) atoms. The summed E-state index contributed by atoms with van der Waals surface area (Å²) >= 11 is 0. The Bertz CT molecular complexity index is 552. The van der Waals surface area contributed by atoms with Gasteiger partial charge in [0.2, 0.25) is 0 Å². The molecule has 0 aliphatic carbocycles. The van der Waals surface area contributed by atoms with Gasteiger partial charge in [-0.2, -0.15) is 0 Å². The molecule has 1 heterocycles. The lowest BCUT2D eigenvalue weighted by Crippen LogP contribution is -2.31. The summed E-state index contributed by atoms with van der Waals surface area (Å²) in [6, 6.07) is 13.2. The second kappa shape index (κ2) is 7.07. The van der Waals surface area contributed by atoms with Gasteiger partial charge in [-0.1, -0.05) is 30.3 Å². The summed E-state index contributed by atoms with van der Waals surface area (Å²) in [6.07, 6.45) is 1.63. The SMILES string of the molecule is CC(C)Nc1cc(N(Cc2ccccc2)C(C)C)ncn1. The molecule has 0 spiro atoms. The highest BCUT2D eigenvalue weighted by molar-refractivity contribution is 5.49. The Morgan fingerprint density at radius 3 is 2.38 bits per heavy atom. The fourth-order valence-corrected chi connectivity index (χ4v) is 2.19. The third-order valence-corrected chi connectivity index (χ3v) is 3.20. The predicted molar refractivity (Wildman–Crippen MR) is 88.6 cm³/mol.